The molecule has 2 aromatic carbocycles. The molecule has 4 nitrogen and oxygen atoms in total. The van der Waals surface area contributed by atoms with Crippen molar-refractivity contribution in [3.05, 3.63) is 52.0 Å². The molecule has 20 heavy (non-hydrogen) atoms. The summed E-state index contributed by atoms with van der Waals surface area (Å²) in [5, 5.41) is 10.1. The maximum atomic E-state index is 12.2. The van der Waals surface area contributed by atoms with Crippen LogP contribution in [0.1, 0.15) is 5.56 Å². The highest BCUT2D eigenvalue weighted by atomic mass is 35.5. The third-order valence-corrected chi connectivity index (χ3v) is 4.70. The fourth-order valence-corrected chi connectivity index (χ4v) is 3.03. The van der Waals surface area contributed by atoms with Gasteiger partial charge in [0.15, 0.2) is 0 Å². The molecule has 0 fully saturated rings. The molecule has 0 bridgehead atoms. The number of rotatable bonds is 3. The number of aromatic hydroxyl groups is 1. The SMILES string of the molecule is Cc1ccc(O)c(NS(=O)(=O)c2ccc(Cl)c(Cl)c2)c1. The zero-order valence-electron chi connectivity index (χ0n) is 10.4. The summed E-state index contributed by atoms with van der Waals surface area (Å²) in [6.45, 7) is 1.79. The second-order valence-electron chi connectivity index (χ2n) is 4.20. The predicted octanol–water partition coefficient (Wildman–Crippen LogP) is 3.81. The van der Waals surface area contributed by atoms with Gasteiger partial charge in [0.2, 0.25) is 0 Å². The Balaban J connectivity index is 2.40. The van der Waals surface area contributed by atoms with E-state index in [0.717, 1.165) is 5.56 Å². The van der Waals surface area contributed by atoms with Gasteiger partial charge in [-0.3, -0.25) is 4.72 Å². The van der Waals surface area contributed by atoms with Crippen molar-refractivity contribution in [3.8, 4) is 5.75 Å². The molecule has 7 heteroatoms. The van der Waals surface area contributed by atoms with Crippen LogP contribution in [0.25, 0.3) is 0 Å². The first-order chi connectivity index (χ1) is 9.29. The molecule has 0 heterocycles. The molecule has 0 aliphatic carbocycles. The third kappa shape index (κ3) is 3.17. The van der Waals surface area contributed by atoms with E-state index in [1.807, 2.05) is 0 Å². The molecule has 0 unspecified atom stereocenters. The van der Waals surface area contributed by atoms with Crippen LogP contribution in [0.5, 0.6) is 5.75 Å². The highest BCUT2D eigenvalue weighted by molar-refractivity contribution is 7.92. The monoisotopic (exact) mass is 331 g/mol. The van der Waals surface area contributed by atoms with Gasteiger partial charge in [0.1, 0.15) is 5.75 Å². The third-order valence-electron chi connectivity index (χ3n) is 2.60. The molecule has 0 aliphatic rings. The van der Waals surface area contributed by atoms with Crippen molar-refractivity contribution in [2.45, 2.75) is 11.8 Å². The van der Waals surface area contributed by atoms with Crippen LogP contribution in [0.15, 0.2) is 41.3 Å². The van der Waals surface area contributed by atoms with Gasteiger partial charge in [0.25, 0.3) is 10.0 Å². The van der Waals surface area contributed by atoms with E-state index in [2.05, 4.69) is 4.72 Å². The summed E-state index contributed by atoms with van der Waals surface area (Å²) in [5.74, 6) is -0.153. The van der Waals surface area contributed by atoms with E-state index in [9.17, 15) is 13.5 Å². The highest BCUT2D eigenvalue weighted by Gasteiger charge is 2.17. The number of phenolic OH excluding ortho intramolecular Hbond substituents is 1. The Hall–Kier alpha value is -1.43. The Morgan fingerprint density at radius 2 is 1.75 bits per heavy atom. The topological polar surface area (TPSA) is 66.4 Å². The molecular formula is C13H11Cl2NO3S. The Labute approximate surface area is 127 Å². The maximum absolute atomic E-state index is 12.2. The lowest BCUT2D eigenvalue weighted by atomic mass is 10.2. The molecule has 0 aromatic heterocycles. The number of anilines is 1. The van der Waals surface area contributed by atoms with E-state index in [-0.39, 0.29) is 26.4 Å². The standard InChI is InChI=1S/C13H11Cl2NO3S/c1-8-2-5-13(17)12(6-8)16-20(18,19)9-3-4-10(14)11(15)7-9/h2-7,16-17H,1H3. The van der Waals surface area contributed by atoms with Gasteiger partial charge < -0.3 is 5.11 Å². The lowest BCUT2D eigenvalue weighted by Crippen LogP contribution is -2.13. The van der Waals surface area contributed by atoms with Crippen LogP contribution in [0.4, 0.5) is 5.69 Å². The van der Waals surface area contributed by atoms with E-state index >= 15 is 0 Å². The van der Waals surface area contributed by atoms with Crippen LogP contribution < -0.4 is 4.72 Å². The highest BCUT2D eigenvalue weighted by Crippen LogP contribution is 2.29. The summed E-state index contributed by atoms with van der Waals surface area (Å²) >= 11 is 11.6. The minimum Gasteiger partial charge on any atom is -0.506 e. The number of aryl methyl sites for hydroxylation is 1. The Bertz CT molecular complexity index is 760. The Morgan fingerprint density at radius 3 is 2.40 bits per heavy atom. The van der Waals surface area contributed by atoms with Gasteiger partial charge >= 0.3 is 0 Å². The summed E-state index contributed by atoms with van der Waals surface area (Å²) in [4.78, 5) is -0.0344. The summed E-state index contributed by atoms with van der Waals surface area (Å²) < 4.78 is 26.7. The fourth-order valence-electron chi connectivity index (χ4n) is 1.58. The number of sulfonamides is 1. The maximum Gasteiger partial charge on any atom is 0.262 e. The van der Waals surface area contributed by atoms with Crippen LogP contribution >= 0.6 is 23.2 Å². The number of nitrogens with one attached hydrogen (secondary N) is 1. The first-order valence-corrected chi connectivity index (χ1v) is 7.81. The molecule has 0 saturated heterocycles. The molecule has 0 radical (unpaired) electrons. The summed E-state index contributed by atoms with van der Waals surface area (Å²) in [6.07, 6.45) is 0. The van der Waals surface area contributed by atoms with Crippen molar-refractivity contribution in [2.75, 3.05) is 4.72 Å². The van der Waals surface area contributed by atoms with Crippen LogP contribution in [-0.4, -0.2) is 13.5 Å². The van der Waals surface area contributed by atoms with Gasteiger partial charge in [-0.05, 0) is 42.8 Å². The number of hydrogen-bond donors (Lipinski definition) is 2. The summed E-state index contributed by atoms with van der Waals surface area (Å²) in [5.41, 5.74) is 0.922. The predicted molar refractivity (Wildman–Crippen MR) is 80.1 cm³/mol. The number of phenols is 1. The van der Waals surface area contributed by atoms with E-state index in [1.54, 1.807) is 13.0 Å². The van der Waals surface area contributed by atoms with Crippen molar-refractivity contribution in [1.29, 1.82) is 0 Å². The summed E-state index contributed by atoms with van der Waals surface area (Å²) in [6, 6.07) is 8.61. The second-order valence-corrected chi connectivity index (χ2v) is 6.70. The van der Waals surface area contributed by atoms with E-state index in [0.29, 0.717) is 0 Å². The Kier molecular flexibility index (Phi) is 4.13. The number of hydrogen-bond acceptors (Lipinski definition) is 3. The lowest BCUT2D eigenvalue weighted by Gasteiger charge is -2.11. The summed E-state index contributed by atoms with van der Waals surface area (Å²) in [7, 11) is -3.84. The molecule has 2 rings (SSSR count). The van der Waals surface area contributed by atoms with E-state index in [1.165, 1.54) is 30.3 Å². The number of halogens is 2. The van der Waals surface area contributed by atoms with Crippen LogP contribution in [0, 0.1) is 6.92 Å². The first kappa shape index (κ1) is 15.0. The van der Waals surface area contributed by atoms with Crippen molar-refractivity contribution in [2.24, 2.45) is 0 Å². The molecule has 2 aromatic rings. The van der Waals surface area contributed by atoms with E-state index in [4.69, 9.17) is 23.2 Å². The normalized spacial score (nSPS) is 11.3. The van der Waals surface area contributed by atoms with Gasteiger partial charge in [0, 0.05) is 0 Å². The van der Waals surface area contributed by atoms with Gasteiger partial charge in [0.05, 0.1) is 20.6 Å². The van der Waals surface area contributed by atoms with Crippen LogP contribution in [0.2, 0.25) is 10.0 Å². The minimum atomic E-state index is -3.84. The molecule has 0 atom stereocenters. The van der Waals surface area contributed by atoms with Crippen molar-refractivity contribution < 1.29 is 13.5 Å². The lowest BCUT2D eigenvalue weighted by molar-refractivity contribution is 0.477. The average molecular weight is 332 g/mol. The van der Waals surface area contributed by atoms with Crippen LogP contribution in [-0.2, 0) is 10.0 Å². The molecule has 0 saturated carbocycles. The second kappa shape index (κ2) is 5.52. The molecule has 0 aliphatic heterocycles. The smallest absolute Gasteiger partial charge is 0.262 e. The molecule has 106 valence electrons. The zero-order chi connectivity index (χ0) is 14.9. The van der Waals surface area contributed by atoms with Gasteiger partial charge in [-0.25, -0.2) is 8.42 Å². The minimum absolute atomic E-state index is 0.0344. The molecule has 0 amide bonds. The quantitative estimate of drug-likeness (QED) is 0.840. The first-order valence-electron chi connectivity index (χ1n) is 5.57. The van der Waals surface area contributed by atoms with Gasteiger partial charge in [-0.2, -0.15) is 0 Å². The Morgan fingerprint density at radius 1 is 1.05 bits per heavy atom. The molecule has 0 spiro atoms. The largest absolute Gasteiger partial charge is 0.506 e. The van der Waals surface area contributed by atoms with Gasteiger partial charge in [-0.15, -0.1) is 0 Å². The van der Waals surface area contributed by atoms with Crippen molar-refractivity contribution in [1.82, 2.24) is 0 Å². The van der Waals surface area contributed by atoms with Crippen molar-refractivity contribution in [3.63, 3.8) is 0 Å². The zero-order valence-corrected chi connectivity index (χ0v) is 12.7. The molecular weight excluding hydrogens is 321 g/mol. The van der Waals surface area contributed by atoms with Crippen molar-refractivity contribution >= 4 is 38.9 Å². The fraction of sp³-hybridized carbons (Fsp3) is 0.0769. The van der Waals surface area contributed by atoms with Crippen LogP contribution in [0.3, 0.4) is 0 Å². The molecule has 2 N–H and O–H groups in total. The van der Waals surface area contributed by atoms with Gasteiger partial charge in [-0.1, -0.05) is 29.3 Å². The number of benzene rings is 2. The van der Waals surface area contributed by atoms with E-state index < -0.39 is 10.0 Å². The average Bonchev–Trinajstić information content (AvgIpc) is 2.36.